The summed E-state index contributed by atoms with van der Waals surface area (Å²) in [4.78, 5) is 5.38. The smallest absolute Gasteiger partial charge is 0.0946 e. The van der Waals surface area contributed by atoms with E-state index in [-0.39, 0.29) is 0 Å². The Morgan fingerprint density at radius 3 is 3.06 bits per heavy atom. The van der Waals surface area contributed by atoms with Crippen molar-refractivity contribution >= 4 is 27.3 Å². The van der Waals surface area contributed by atoms with Crippen molar-refractivity contribution < 1.29 is 0 Å². The zero-order valence-corrected chi connectivity index (χ0v) is 11.5. The fraction of sp³-hybridized carbons (Fsp3) is 0.364. The maximum atomic E-state index is 4.03. The number of nitrogens with zero attached hydrogens (tertiary/aromatic N) is 2. The van der Waals surface area contributed by atoms with Gasteiger partial charge in [-0.05, 0) is 35.0 Å². The summed E-state index contributed by atoms with van der Waals surface area (Å²) in [6.07, 6.45) is 5.64. The molecule has 5 heteroatoms. The van der Waals surface area contributed by atoms with Crippen LogP contribution in [0.25, 0.3) is 0 Å². The highest BCUT2D eigenvalue weighted by Crippen LogP contribution is 2.21. The predicted molar refractivity (Wildman–Crippen MR) is 70.5 cm³/mol. The molecule has 3 nitrogen and oxygen atoms in total. The average Bonchev–Trinajstić information content (AvgIpc) is 2.87. The monoisotopic (exact) mass is 299 g/mol. The molecule has 0 saturated heterocycles. The summed E-state index contributed by atoms with van der Waals surface area (Å²) in [5.41, 5.74) is 0. The lowest BCUT2D eigenvalue weighted by atomic mass is 10.3. The van der Waals surface area contributed by atoms with Gasteiger partial charge in [-0.1, -0.05) is 0 Å². The fourth-order valence-electron chi connectivity index (χ4n) is 1.50. The number of hydrogen-bond donors (Lipinski definition) is 1. The van der Waals surface area contributed by atoms with Gasteiger partial charge in [0.15, 0.2) is 0 Å². The first-order chi connectivity index (χ1) is 7.74. The molecule has 0 bridgehead atoms. The summed E-state index contributed by atoms with van der Waals surface area (Å²) in [5.74, 6) is 0. The molecule has 0 fully saturated rings. The molecule has 1 N–H and O–H groups in total. The molecular formula is C11H14BrN3S. The van der Waals surface area contributed by atoms with E-state index in [9.17, 15) is 0 Å². The normalized spacial score (nSPS) is 12.9. The lowest BCUT2D eigenvalue weighted by molar-refractivity contribution is 0.478. The first-order valence-corrected chi connectivity index (χ1v) is 6.78. The second kappa shape index (κ2) is 5.61. The van der Waals surface area contributed by atoms with Crippen molar-refractivity contribution in [1.29, 1.82) is 0 Å². The van der Waals surface area contributed by atoms with E-state index in [0.29, 0.717) is 6.04 Å². The first kappa shape index (κ1) is 11.8. The molecule has 0 aliphatic heterocycles. The van der Waals surface area contributed by atoms with E-state index in [2.05, 4.69) is 49.9 Å². The molecule has 2 aromatic rings. The highest BCUT2D eigenvalue weighted by molar-refractivity contribution is 9.11. The molecule has 86 valence electrons. The average molecular weight is 300 g/mol. The van der Waals surface area contributed by atoms with Crippen molar-refractivity contribution in [2.75, 3.05) is 0 Å². The highest BCUT2D eigenvalue weighted by Gasteiger charge is 2.03. The number of hydrogen-bond acceptors (Lipinski definition) is 3. The first-order valence-electron chi connectivity index (χ1n) is 5.17. The van der Waals surface area contributed by atoms with Crippen LogP contribution in [0.2, 0.25) is 0 Å². The van der Waals surface area contributed by atoms with Crippen LogP contribution in [0.4, 0.5) is 0 Å². The second-order valence-electron chi connectivity index (χ2n) is 3.75. The van der Waals surface area contributed by atoms with E-state index in [1.807, 2.05) is 18.7 Å². The maximum Gasteiger partial charge on any atom is 0.0946 e. The molecule has 2 aromatic heterocycles. The molecule has 0 amide bonds. The molecule has 2 heterocycles. The van der Waals surface area contributed by atoms with Crippen LogP contribution in [-0.4, -0.2) is 15.6 Å². The molecule has 0 radical (unpaired) electrons. The van der Waals surface area contributed by atoms with Crippen LogP contribution in [0.5, 0.6) is 0 Å². The van der Waals surface area contributed by atoms with Crippen LogP contribution in [0, 0.1) is 0 Å². The van der Waals surface area contributed by atoms with Crippen LogP contribution in [0.1, 0.15) is 11.8 Å². The Kier molecular flexibility index (Phi) is 4.15. The summed E-state index contributed by atoms with van der Waals surface area (Å²) in [6, 6.07) is 4.67. The zero-order chi connectivity index (χ0) is 11.4. The summed E-state index contributed by atoms with van der Waals surface area (Å²) >= 11 is 5.24. The SMILES string of the molecule is CC(Cn1ccnc1)NCc1ccc(Br)s1. The standard InChI is InChI=1S/C11H14BrN3S/c1-9(7-15-5-4-13-8-15)14-6-10-2-3-11(12)16-10/h2-5,8-9,14H,6-7H2,1H3. The molecule has 1 atom stereocenters. The number of rotatable bonds is 5. The Hall–Kier alpha value is -0.650. The van der Waals surface area contributed by atoms with Crippen molar-refractivity contribution in [2.45, 2.75) is 26.1 Å². The van der Waals surface area contributed by atoms with Gasteiger partial charge in [0, 0.05) is 36.4 Å². The van der Waals surface area contributed by atoms with Crippen molar-refractivity contribution in [3.63, 3.8) is 0 Å². The third kappa shape index (κ3) is 3.43. The minimum atomic E-state index is 0.440. The van der Waals surface area contributed by atoms with Gasteiger partial charge < -0.3 is 9.88 Å². The van der Waals surface area contributed by atoms with Crippen molar-refractivity contribution in [3.8, 4) is 0 Å². The Labute approximate surface area is 108 Å². The third-order valence-corrected chi connectivity index (χ3v) is 3.92. The van der Waals surface area contributed by atoms with Crippen molar-refractivity contribution in [3.05, 3.63) is 39.5 Å². The fourth-order valence-corrected chi connectivity index (χ4v) is 2.93. The largest absolute Gasteiger partial charge is 0.336 e. The van der Waals surface area contributed by atoms with E-state index < -0.39 is 0 Å². The Balaban J connectivity index is 1.77. The van der Waals surface area contributed by atoms with Crippen LogP contribution in [-0.2, 0) is 13.1 Å². The van der Waals surface area contributed by atoms with Crippen molar-refractivity contribution in [2.24, 2.45) is 0 Å². The molecular weight excluding hydrogens is 286 g/mol. The van der Waals surface area contributed by atoms with Gasteiger partial charge in [0.25, 0.3) is 0 Å². The Morgan fingerprint density at radius 1 is 1.56 bits per heavy atom. The topological polar surface area (TPSA) is 29.9 Å². The summed E-state index contributed by atoms with van der Waals surface area (Å²) in [7, 11) is 0. The Morgan fingerprint density at radius 2 is 2.44 bits per heavy atom. The summed E-state index contributed by atoms with van der Waals surface area (Å²) < 4.78 is 3.27. The van der Waals surface area contributed by atoms with E-state index in [1.165, 1.54) is 8.66 Å². The highest BCUT2D eigenvalue weighted by atomic mass is 79.9. The molecule has 1 unspecified atom stereocenters. The minimum absolute atomic E-state index is 0.440. The van der Waals surface area contributed by atoms with E-state index in [1.54, 1.807) is 11.3 Å². The lowest BCUT2D eigenvalue weighted by Gasteiger charge is -2.13. The number of aromatic nitrogens is 2. The number of imidazole rings is 1. The molecule has 2 rings (SSSR count). The molecule has 0 spiro atoms. The summed E-state index contributed by atoms with van der Waals surface area (Å²) in [6.45, 7) is 4.06. The van der Waals surface area contributed by atoms with E-state index in [0.717, 1.165) is 13.1 Å². The molecule has 0 aliphatic rings. The van der Waals surface area contributed by atoms with E-state index in [4.69, 9.17) is 0 Å². The Bertz CT molecular complexity index is 424. The van der Waals surface area contributed by atoms with Gasteiger partial charge in [-0.3, -0.25) is 0 Å². The number of thiophene rings is 1. The minimum Gasteiger partial charge on any atom is -0.336 e. The van der Waals surface area contributed by atoms with Crippen LogP contribution in [0.3, 0.4) is 0 Å². The summed E-state index contributed by atoms with van der Waals surface area (Å²) in [5, 5.41) is 3.49. The lowest BCUT2D eigenvalue weighted by Crippen LogP contribution is -2.29. The van der Waals surface area contributed by atoms with Crippen LogP contribution < -0.4 is 5.32 Å². The van der Waals surface area contributed by atoms with Crippen molar-refractivity contribution in [1.82, 2.24) is 14.9 Å². The van der Waals surface area contributed by atoms with Gasteiger partial charge in [-0.15, -0.1) is 11.3 Å². The van der Waals surface area contributed by atoms with Gasteiger partial charge in [-0.2, -0.15) is 0 Å². The van der Waals surface area contributed by atoms with Crippen LogP contribution >= 0.6 is 27.3 Å². The number of halogens is 1. The number of nitrogens with one attached hydrogen (secondary N) is 1. The van der Waals surface area contributed by atoms with Gasteiger partial charge >= 0.3 is 0 Å². The van der Waals surface area contributed by atoms with E-state index >= 15 is 0 Å². The quantitative estimate of drug-likeness (QED) is 0.920. The van der Waals surface area contributed by atoms with Gasteiger partial charge in [0.2, 0.25) is 0 Å². The molecule has 0 aliphatic carbocycles. The zero-order valence-electron chi connectivity index (χ0n) is 9.06. The van der Waals surface area contributed by atoms with Gasteiger partial charge in [0.05, 0.1) is 10.1 Å². The molecule has 0 aromatic carbocycles. The molecule has 0 saturated carbocycles. The van der Waals surface area contributed by atoms with Gasteiger partial charge in [-0.25, -0.2) is 4.98 Å². The van der Waals surface area contributed by atoms with Crippen LogP contribution in [0.15, 0.2) is 34.6 Å². The van der Waals surface area contributed by atoms with Gasteiger partial charge in [0.1, 0.15) is 0 Å². The second-order valence-corrected chi connectivity index (χ2v) is 6.29. The predicted octanol–water partition coefficient (Wildman–Crippen LogP) is 2.89. The molecule has 16 heavy (non-hydrogen) atoms. The maximum absolute atomic E-state index is 4.03. The third-order valence-electron chi connectivity index (χ3n) is 2.30.